The van der Waals surface area contributed by atoms with Gasteiger partial charge in [-0.05, 0) is 36.6 Å². The second-order valence-electron chi connectivity index (χ2n) is 7.65. The summed E-state index contributed by atoms with van der Waals surface area (Å²) in [6.45, 7) is 2.73. The summed E-state index contributed by atoms with van der Waals surface area (Å²) in [6, 6.07) is 5.71. The van der Waals surface area contributed by atoms with E-state index in [1.54, 1.807) is 34.5 Å². The number of carbonyl (C=O) groups excluding carboxylic acids is 1. The van der Waals surface area contributed by atoms with Crippen LogP contribution in [0.3, 0.4) is 0 Å². The van der Waals surface area contributed by atoms with Crippen LogP contribution in [0.5, 0.6) is 0 Å². The van der Waals surface area contributed by atoms with E-state index in [1.807, 2.05) is 0 Å². The molecule has 1 saturated carbocycles. The minimum absolute atomic E-state index is 0.00986. The lowest BCUT2D eigenvalue weighted by Gasteiger charge is -2.40. The molecule has 0 N–H and O–H groups in total. The number of likely N-dealkylation sites (N-methyl/N-ethyl adjacent to an activating group) is 1. The predicted molar refractivity (Wildman–Crippen MR) is 101 cm³/mol. The molecule has 0 bridgehead atoms. The maximum atomic E-state index is 13.0. The summed E-state index contributed by atoms with van der Waals surface area (Å²) < 4.78 is 27.7. The van der Waals surface area contributed by atoms with Crippen molar-refractivity contribution in [3.05, 3.63) is 23.8 Å². The molecule has 1 amide bonds. The van der Waals surface area contributed by atoms with Crippen molar-refractivity contribution in [3.8, 4) is 0 Å². The maximum Gasteiger partial charge on any atom is 0.243 e. The number of amides is 1. The number of anilines is 1. The van der Waals surface area contributed by atoms with Crippen molar-refractivity contribution < 1.29 is 13.2 Å². The zero-order valence-electron chi connectivity index (χ0n) is 15.4. The van der Waals surface area contributed by atoms with Gasteiger partial charge >= 0.3 is 0 Å². The number of benzene rings is 1. The SMILES string of the molecule is CN1C(=O)Cc2cc(S(=O)(=O)N3CCN(C4CCCCC4)CC3)ccc21. The van der Waals surface area contributed by atoms with Crippen LogP contribution in [0, 0.1) is 0 Å². The van der Waals surface area contributed by atoms with Crippen LogP contribution in [-0.2, 0) is 21.2 Å². The van der Waals surface area contributed by atoms with Gasteiger partial charge < -0.3 is 4.90 Å². The summed E-state index contributed by atoms with van der Waals surface area (Å²) >= 11 is 0. The van der Waals surface area contributed by atoms with Gasteiger partial charge in [0.05, 0.1) is 11.3 Å². The van der Waals surface area contributed by atoms with E-state index in [0.29, 0.717) is 24.0 Å². The van der Waals surface area contributed by atoms with Gasteiger partial charge in [-0.2, -0.15) is 4.31 Å². The van der Waals surface area contributed by atoms with Crippen molar-refractivity contribution in [2.75, 3.05) is 38.1 Å². The molecule has 0 atom stereocenters. The molecule has 2 fully saturated rings. The summed E-state index contributed by atoms with van der Waals surface area (Å²) in [5.74, 6) is 0.00986. The van der Waals surface area contributed by atoms with E-state index in [-0.39, 0.29) is 12.3 Å². The van der Waals surface area contributed by atoms with Crippen LogP contribution in [0.4, 0.5) is 5.69 Å². The van der Waals surface area contributed by atoms with Gasteiger partial charge in [-0.1, -0.05) is 19.3 Å². The van der Waals surface area contributed by atoms with Crippen molar-refractivity contribution in [2.24, 2.45) is 0 Å². The van der Waals surface area contributed by atoms with Crippen LogP contribution in [0.2, 0.25) is 0 Å². The number of hydrogen-bond acceptors (Lipinski definition) is 4. The molecule has 3 aliphatic rings. The predicted octanol–water partition coefficient (Wildman–Crippen LogP) is 1.84. The average molecular weight is 378 g/mol. The van der Waals surface area contributed by atoms with Gasteiger partial charge in [0.2, 0.25) is 15.9 Å². The van der Waals surface area contributed by atoms with E-state index in [2.05, 4.69) is 4.90 Å². The van der Waals surface area contributed by atoms with Crippen molar-refractivity contribution in [1.29, 1.82) is 0 Å². The Labute approximate surface area is 155 Å². The molecule has 1 saturated heterocycles. The molecule has 2 heterocycles. The largest absolute Gasteiger partial charge is 0.315 e. The van der Waals surface area contributed by atoms with Crippen LogP contribution >= 0.6 is 0 Å². The molecule has 142 valence electrons. The molecule has 0 aromatic heterocycles. The number of piperazine rings is 1. The fraction of sp³-hybridized carbons (Fsp3) is 0.632. The molecule has 1 aromatic carbocycles. The second kappa shape index (κ2) is 6.94. The van der Waals surface area contributed by atoms with Crippen molar-refractivity contribution in [1.82, 2.24) is 9.21 Å². The molecular weight excluding hydrogens is 350 g/mol. The van der Waals surface area contributed by atoms with Crippen molar-refractivity contribution in [3.63, 3.8) is 0 Å². The second-order valence-corrected chi connectivity index (χ2v) is 9.59. The highest BCUT2D eigenvalue weighted by molar-refractivity contribution is 7.89. The summed E-state index contributed by atoms with van der Waals surface area (Å²) in [5, 5.41) is 0. The smallest absolute Gasteiger partial charge is 0.243 e. The molecule has 1 aromatic rings. The topological polar surface area (TPSA) is 60.9 Å². The normalized spacial score (nSPS) is 23.4. The van der Waals surface area contributed by atoms with E-state index >= 15 is 0 Å². The molecule has 0 unspecified atom stereocenters. The zero-order valence-corrected chi connectivity index (χ0v) is 16.2. The van der Waals surface area contributed by atoms with E-state index < -0.39 is 10.0 Å². The Morgan fingerprint density at radius 2 is 1.69 bits per heavy atom. The van der Waals surface area contributed by atoms with Gasteiger partial charge in [0.25, 0.3) is 0 Å². The molecule has 0 radical (unpaired) electrons. The highest BCUT2D eigenvalue weighted by Crippen LogP contribution is 2.31. The quantitative estimate of drug-likeness (QED) is 0.807. The lowest BCUT2D eigenvalue weighted by atomic mass is 9.94. The summed E-state index contributed by atoms with van der Waals surface area (Å²) in [5.41, 5.74) is 1.62. The summed E-state index contributed by atoms with van der Waals surface area (Å²) in [4.78, 5) is 16.2. The van der Waals surface area contributed by atoms with Gasteiger partial charge in [0.1, 0.15) is 0 Å². The number of sulfonamides is 1. The zero-order chi connectivity index (χ0) is 18.3. The van der Waals surface area contributed by atoms with Gasteiger partial charge in [0.15, 0.2) is 0 Å². The number of fused-ring (bicyclic) bond motifs is 1. The van der Waals surface area contributed by atoms with E-state index in [1.165, 1.54) is 32.1 Å². The third kappa shape index (κ3) is 3.17. The van der Waals surface area contributed by atoms with Crippen molar-refractivity contribution >= 4 is 21.6 Å². The van der Waals surface area contributed by atoms with E-state index in [0.717, 1.165) is 24.3 Å². The first-order valence-corrected chi connectivity index (χ1v) is 11.0. The summed E-state index contributed by atoms with van der Waals surface area (Å²) in [6.07, 6.45) is 6.71. The van der Waals surface area contributed by atoms with Crippen LogP contribution in [0.15, 0.2) is 23.1 Å². The Bertz CT molecular complexity index is 794. The number of rotatable bonds is 3. The lowest BCUT2D eigenvalue weighted by molar-refractivity contribution is -0.117. The van der Waals surface area contributed by atoms with Gasteiger partial charge in [0, 0.05) is 45.0 Å². The molecule has 7 heteroatoms. The van der Waals surface area contributed by atoms with E-state index in [4.69, 9.17) is 0 Å². The Kier molecular flexibility index (Phi) is 4.79. The Morgan fingerprint density at radius 1 is 1.00 bits per heavy atom. The molecule has 2 aliphatic heterocycles. The molecule has 4 rings (SSSR count). The maximum absolute atomic E-state index is 13.0. The number of hydrogen-bond donors (Lipinski definition) is 0. The first-order valence-electron chi connectivity index (χ1n) is 9.60. The average Bonchev–Trinajstić information content (AvgIpc) is 2.96. The standard InChI is InChI=1S/C19H27N3O3S/c1-20-18-8-7-17(13-15(18)14-19(20)23)26(24,25)22-11-9-21(10-12-22)16-5-3-2-4-6-16/h7-8,13,16H,2-6,9-12,14H2,1H3. The first kappa shape index (κ1) is 17.9. The van der Waals surface area contributed by atoms with Crippen LogP contribution in [0.25, 0.3) is 0 Å². The molecule has 26 heavy (non-hydrogen) atoms. The molecule has 1 aliphatic carbocycles. The Hall–Kier alpha value is -1.44. The first-order chi connectivity index (χ1) is 12.5. The fourth-order valence-corrected chi connectivity index (χ4v) is 5.98. The highest BCUT2D eigenvalue weighted by Gasteiger charge is 2.33. The fourth-order valence-electron chi connectivity index (χ4n) is 4.51. The third-order valence-corrected chi connectivity index (χ3v) is 8.02. The van der Waals surface area contributed by atoms with E-state index in [9.17, 15) is 13.2 Å². The number of carbonyl (C=O) groups is 1. The van der Waals surface area contributed by atoms with Crippen LogP contribution in [-0.4, -0.2) is 62.8 Å². The van der Waals surface area contributed by atoms with Gasteiger partial charge in [-0.25, -0.2) is 8.42 Å². The van der Waals surface area contributed by atoms with Gasteiger partial charge in [-0.15, -0.1) is 0 Å². The monoisotopic (exact) mass is 377 g/mol. The highest BCUT2D eigenvalue weighted by atomic mass is 32.2. The molecule has 0 spiro atoms. The van der Waals surface area contributed by atoms with Gasteiger partial charge in [-0.3, -0.25) is 9.69 Å². The third-order valence-electron chi connectivity index (χ3n) is 6.13. The Balaban J connectivity index is 1.46. The number of nitrogens with zero attached hydrogens (tertiary/aromatic N) is 3. The Morgan fingerprint density at radius 3 is 2.38 bits per heavy atom. The molecule has 6 nitrogen and oxygen atoms in total. The minimum Gasteiger partial charge on any atom is -0.315 e. The van der Waals surface area contributed by atoms with Crippen LogP contribution in [0.1, 0.15) is 37.7 Å². The van der Waals surface area contributed by atoms with Crippen LogP contribution < -0.4 is 4.90 Å². The van der Waals surface area contributed by atoms with Crippen molar-refractivity contribution in [2.45, 2.75) is 49.5 Å². The minimum atomic E-state index is -3.50. The lowest BCUT2D eigenvalue weighted by Crippen LogP contribution is -2.52. The summed E-state index contributed by atoms with van der Waals surface area (Å²) in [7, 11) is -1.77. The molecular formula is C19H27N3O3S.